The Morgan fingerprint density at radius 1 is 1.38 bits per heavy atom. The third-order valence-electron chi connectivity index (χ3n) is 4.86. The topological polar surface area (TPSA) is 144 Å². The molecular formula is C18H27N6O4S+. The number of hydrazone groups is 1. The predicted molar refractivity (Wildman–Crippen MR) is 114 cm³/mol. The zero-order valence-electron chi connectivity index (χ0n) is 16.3. The summed E-state index contributed by atoms with van der Waals surface area (Å²) in [6.07, 6.45) is 5.50. The number of piperidine rings is 1. The molecule has 1 saturated heterocycles. The van der Waals surface area contributed by atoms with E-state index < -0.39 is 10.0 Å². The highest BCUT2D eigenvalue weighted by Crippen LogP contribution is 2.33. The molecule has 3 rings (SSSR count). The fourth-order valence-corrected chi connectivity index (χ4v) is 4.05. The van der Waals surface area contributed by atoms with Crippen LogP contribution in [-0.2, 0) is 10.0 Å². The number of aliphatic imine (C=N–C) groups is 1. The highest BCUT2D eigenvalue weighted by atomic mass is 32.2. The van der Waals surface area contributed by atoms with Crippen LogP contribution in [0.2, 0.25) is 0 Å². The lowest BCUT2D eigenvalue weighted by Gasteiger charge is -2.36. The van der Waals surface area contributed by atoms with Gasteiger partial charge < -0.3 is 15.1 Å². The second-order valence-electron chi connectivity index (χ2n) is 7.07. The van der Waals surface area contributed by atoms with E-state index in [2.05, 4.69) is 19.7 Å². The maximum Gasteiger partial charge on any atom is 0.321 e. The number of aliphatic hydroxyl groups is 2. The molecule has 2 heterocycles. The highest BCUT2D eigenvalue weighted by Gasteiger charge is 2.24. The normalized spacial score (nSPS) is 21.3. The summed E-state index contributed by atoms with van der Waals surface area (Å²) >= 11 is 0. The average molecular weight is 424 g/mol. The Balaban J connectivity index is 1.99. The predicted octanol–water partition coefficient (Wildman–Crippen LogP) is -0.157. The first kappa shape index (κ1) is 21.2. The molecule has 2 aliphatic rings. The van der Waals surface area contributed by atoms with E-state index >= 15 is 0 Å². The van der Waals surface area contributed by atoms with E-state index in [1.54, 1.807) is 12.1 Å². The minimum Gasteiger partial charge on any atom is -0.394 e. The SMILES string of the molecule is CS(=O)(=O)Nc1cc(N2CCCCC2CO)ccc1N=C1C=N[N+](CCO)=C1N. The van der Waals surface area contributed by atoms with Crippen molar-refractivity contribution in [2.24, 2.45) is 15.8 Å². The van der Waals surface area contributed by atoms with Crippen LogP contribution >= 0.6 is 0 Å². The van der Waals surface area contributed by atoms with Crippen molar-refractivity contribution in [2.45, 2.75) is 25.3 Å². The van der Waals surface area contributed by atoms with Crippen LogP contribution in [0.5, 0.6) is 0 Å². The first-order chi connectivity index (χ1) is 13.8. The Bertz CT molecular complexity index is 957. The molecule has 29 heavy (non-hydrogen) atoms. The molecule has 1 atom stereocenters. The van der Waals surface area contributed by atoms with Crippen molar-refractivity contribution >= 4 is 44.8 Å². The first-order valence-corrected chi connectivity index (χ1v) is 11.3. The van der Waals surface area contributed by atoms with Gasteiger partial charge in [-0.2, -0.15) is 0 Å². The third-order valence-corrected chi connectivity index (χ3v) is 5.45. The number of hydrogen-bond donors (Lipinski definition) is 4. The summed E-state index contributed by atoms with van der Waals surface area (Å²) in [7, 11) is -3.54. The minimum absolute atomic E-state index is 0.00461. The maximum atomic E-state index is 11.9. The van der Waals surface area contributed by atoms with Crippen LogP contribution in [0.1, 0.15) is 19.3 Å². The van der Waals surface area contributed by atoms with Gasteiger partial charge in [0.1, 0.15) is 12.8 Å². The fourth-order valence-electron chi connectivity index (χ4n) is 3.49. The lowest BCUT2D eigenvalue weighted by molar-refractivity contribution is -0.532. The van der Waals surface area contributed by atoms with E-state index in [0.29, 0.717) is 17.1 Å². The number of sulfonamides is 1. The molecule has 0 radical (unpaired) electrons. The van der Waals surface area contributed by atoms with Gasteiger partial charge in [-0.1, -0.05) is 5.10 Å². The summed E-state index contributed by atoms with van der Waals surface area (Å²) < 4.78 is 27.7. The molecule has 158 valence electrons. The van der Waals surface area contributed by atoms with Gasteiger partial charge in [-0.05, 0) is 37.5 Å². The molecular weight excluding hydrogens is 396 g/mol. The number of nitrogens with one attached hydrogen (secondary N) is 1. The molecule has 0 bridgehead atoms. The van der Waals surface area contributed by atoms with Crippen molar-refractivity contribution in [3.8, 4) is 0 Å². The lowest BCUT2D eigenvalue weighted by atomic mass is 10.0. The van der Waals surface area contributed by atoms with E-state index in [4.69, 9.17) is 10.8 Å². The Morgan fingerprint density at radius 2 is 2.17 bits per heavy atom. The number of β-amino-alcohol motifs (C(OH)–C–C–N with tert-alkyl or cyclic N) is 1. The van der Waals surface area contributed by atoms with E-state index in [1.165, 1.54) is 10.9 Å². The number of aliphatic hydroxyl groups excluding tert-OH is 2. The number of benzene rings is 1. The summed E-state index contributed by atoms with van der Waals surface area (Å²) in [6, 6.07) is 5.30. The van der Waals surface area contributed by atoms with Crippen molar-refractivity contribution in [3.63, 3.8) is 0 Å². The van der Waals surface area contributed by atoms with Gasteiger partial charge in [-0.25, -0.2) is 13.4 Å². The minimum atomic E-state index is -3.54. The van der Waals surface area contributed by atoms with Gasteiger partial charge in [0.15, 0.2) is 5.71 Å². The van der Waals surface area contributed by atoms with E-state index in [9.17, 15) is 13.5 Å². The largest absolute Gasteiger partial charge is 0.394 e. The molecule has 11 heteroatoms. The Kier molecular flexibility index (Phi) is 6.50. The number of nitrogens with two attached hydrogens (primary N) is 1. The van der Waals surface area contributed by atoms with Crippen LogP contribution in [-0.4, -0.2) is 79.7 Å². The van der Waals surface area contributed by atoms with Gasteiger partial charge in [0.2, 0.25) is 10.0 Å². The molecule has 0 saturated carbocycles. The second kappa shape index (κ2) is 8.89. The summed E-state index contributed by atoms with van der Waals surface area (Å²) in [5, 5.41) is 22.8. The van der Waals surface area contributed by atoms with Crippen molar-refractivity contribution in [1.29, 1.82) is 0 Å². The zero-order valence-corrected chi connectivity index (χ0v) is 17.1. The van der Waals surface area contributed by atoms with Crippen LogP contribution in [0.15, 0.2) is 28.3 Å². The Morgan fingerprint density at radius 3 is 2.86 bits per heavy atom. The van der Waals surface area contributed by atoms with Crippen molar-refractivity contribution in [2.75, 3.05) is 42.2 Å². The van der Waals surface area contributed by atoms with Crippen LogP contribution in [0.25, 0.3) is 0 Å². The fraction of sp³-hybridized carbons (Fsp3) is 0.500. The average Bonchev–Trinajstić information content (AvgIpc) is 3.02. The van der Waals surface area contributed by atoms with Crippen molar-refractivity contribution in [1.82, 2.24) is 0 Å². The number of nitrogens with zero attached hydrogens (tertiary/aromatic N) is 4. The van der Waals surface area contributed by atoms with Crippen LogP contribution in [0, 0.1) is 0 Å². The standard InChI is InChI=1S/C18H26N6O4S/c1-29(27,28)22-16-10-13(23-7-3-2-4-14(23)12-26)5-6-15(16)21-17-11-20-24(8-9-25)18(17)19/h5-6,10-11,14,25-26H,2-4,7-9,12H2,1H3,(H2,19,20,22)/p+1. The van der Waals surface area contributed by atoms with Gasteiger partial charge in [0.05, 0.1) is 36.9 Å². The molecule has 0 aliphatic carbocycles. The number of rotatable bonds is 7. The first-order valence-electron chi connectivity index (χ1n) is 9.45. The molecule has 0 amide bonds. The molecule has 1 aromatic rings. The van der Waals surface area contributed by atoms with Gasteiger partial charge in [-0.3, -0.25) is 10.5 Å². The molecule has 0 aromatic heterocycles. The monoisotopic (exact) mass is 423 g/mol. The van der Waals surface area contributed by atoms with Crippen LogP contribution in [0.4, 0.5) is 17.1 Å². The molecule has 1 aromatic carbocycles. The molecule has 1 unspecified atom stereocenters. The van der Waals surface area contributed by atoms with Crippen LogP contribution < -0.4 is 15.4 Å². The van der Waals surface area contributed by atoms with Gasteiger partial charge in [-0.15, -0.1) is 4.68 Å². The van der Waals surface area contributed by atoms with E-state index in [-0.39, 0.29) is 31.6 Å². The highest BCUT2D eigenvalue weighted by molar-refractivity contribution is 7.92. The van der Waals surface area contributed by atoms with Gasteiger partial charge in [0, 0.05) is 12.2 Å². The van der Waals surface area contributed by atoms with Gasteiger partial charge in [0.25, 0.3) is 0 Å². The number of amidine groups is 1. The third kappa shape index (κ3) is 5.11. The summed E-state index contributed by atoms with van der Waals surface area (Å²) in [5.74, 6) is 0.282. The summed E-state index contributed by atoms with van der Waals surface area (Å²) in [6.45, 7) is 0.970. The van der Waals surface area contributed by atoms with E-state index in [1.807, 2.05) is 6.07 Å². The molecule has 5 N–H and O–H groups in total. The molecule has 10 nitrogen and oxygen atoms in total. The summed E-state index contributed by atoms with van der Waals surface area (Å²) in [4.78, 5) is 6.56. The smallest absolute Gasteiger partial charge is 0.321 e. The molecule has 0 spiro atoms. The van der Waals surface area contributed by atoms with Crippen molar-refractivity contribution in [3.05, 3.63) is 18.2 Å². The molecule has 1 fully saturated rings. The number of anilines is 2. The van der Waals surface area contributed by atoms with Crippen molar-refractivity contribution < 1.29 is 23.3 Å². The van der Waals surface area contributed by atoms with E-state index in [0.717, 1.165) is 37.8 Å². The Labute approximate surface area is 170 Å². The number of hydrogen-bond acceptors (Lipinski definition) is 8. The second-order valence-corrected chi connectivity index (χ2v) is 8.82. The van der Waals surface area contributed by atoms with Gasteiger partial charge >= 0.3 is 5.84 Å². The summed E-state index contributed by atoms with van der Waals surface area (Å²) in [5.41, 5.74) is 7.94. The Hall–Kier alpha value is -2.50. The lowest BCUT2D eigenvalue weighted by Crippen LogP contribution is -2.41. The van der Waals surface area contributed by atoms with Crippen LogP contribution in [0.3, 0.4) is 0 Å². The zero-order chi connectivity index (χ0) is 21.0. The molecule has 2 aliphatic heterocycles. The maximum absolute atomic E-state index is 11.9. The quantitative estimate of drug-likeness (QED) is 0.449.